The number of piperidine rings is 1. The van der Waals surface area contributed by atoms with Gasteiger partial charge in [0.05, 0.1) is 23.5 Å². The summed E-state index contributed by atoms with van der Waals surface area (Å²) in [6.07, 6.45) is 13.9. The molecule has 2 unspecified atom stereocenters. The number of likely N-dealkylation sites (tertiary alicyclic amines) is 2. The number of aliphatic hydroxyl groups is 1. The second-order valence-corrected chi connectivity index (χ2v) is 23.0. The highest BCUT2D eigenvalue weighted by molar-refractivity contribution is 5.95. The molecule has 1 amide bonds. The van der Waals surface area contributed by atoms with Crippen LogP contribution in [-0.2, 0) is 15.4 Å². The zero-order valence-electron chi connectivity index (χ0n) is 44.8. The van der Waals surface area contributed by atoms with Gasteiger partial charge in [-0.15, -0.1) is 10.2 Å². The Labute approximate surface area is 458 Å². The third-order valence-electron chi connectivity index (χ3n) is 17.7. The maximum atomic E-state index is 14.5. The molecule has 0 spiro atoms. The van der Waals surface area contributed by atoms with Crippen molar-refractivity contribution >= 4 is 34.4 Å². The third-order valence-corrected chi connectivity index (χ3v) is 17.7. The number of H-pyrrole nitrogens is 1. The Morgan fingerprint density at radius 2 is 1.56 bits per heavy atom. The molecule has 13 rings (SSSR count). The van der Waals surface area contributed by atoms with Gasteiger partial charge in [0.15, 0.2) is 11.4 Å². The first-order valence-electron chi connectivity index (χ1n) is 28.2. The van der Waals surface area contributed by atoms with Gasteiger partial charge in [-0.25, -0.2) is 29.7 Å². The quantitative estimate of drug-likeness (QED) is 0.0851. The first-order valence-corrected chi connectivity index (χ1v) is 28.2. The molecular weight excluding hydrogens is 1000 g/mol. The largest absolute Gasteiger partial charge is 0.507 e. The second kappa shape index (κ2) is 21.0. The highest BCUT2D eigenvalue weighted by Gasteiger charge is 2.47. The number of piperazine rings is 1. The SMILES string of the molecule is CC(C)[C@@H](C(=O)N1C[C@H](O)C[C@H]1C1=N[C@@](C)(c2ccc(-c3ccccc3F)cc2)ON1)c1cc(OC2CCC(N3CCC(c4cnc(N5C6CCC5CN(c5c[nH]c7nnc(-c8ccccc8O)cc57)C6)nc4)CC3)CC2)no1. The van der Waals surface area contributed by atoms with Gasteiger partial charge in [0.2, 0.25) is 17.6 Å². The third kappa shape index (κ3) is 9.83. The number of aliphatic imine (C=N–C) groups is 1. The lowest BCUT2D eigenvalue weighted by atomic mass is 9.87. The number of carbonyl (C=O) groups excluding carboxylic acids is 1. The van der Waals surface area contributed by atoms with Crippen molar-refractivity contribution in [2.45, 2.75) is 132 Å². The number of nitrogens with one attached hydrogen (secondary N) is 2. The van der Waals surface area contributed by atoms with E-state index < -0.39 is 23.8 Å². The number of β-amino-alcohol motifs (C(OH)–C–C–N with tert-alkyl or cyclic N) is 1. The average Bonchev–Trinajstić information content (AvgIpc) is 4.48. The summed E-state index contributed by atoms with van der Waals surface area (Å²) in [5.41, 5.74) is 8.23. The number of aliphatic hydroxyl groups excluding tert-OH is 1. The molecule has 5 aliphatic heterocycles. The van der Waals surface area contributed by atoms with E-state index in [-0.39, 0.29) is 36.0 Å². The fourth-order valence-corrected chi connectivity index (χ4v) is 13.4. The smallest absolute Gasteiger partial charge is 0.254 e. The predicted octanol–water partition coefficient (Wildman–Crippen LogP) is 8.85. The highest BCUT2D eigenvalue weighted by atomic mass is 19.1. The fourth-order valence-electron chi connectivity index (χ4n) is 13.4. The number of nitrogens with zero attached hydrogens (tertiary/aromatic N) is 10. The van der Waals surface area contributed by atoms with Crippen LogP contribution in [0.25, 0.3) is 33.4 Å². The van der Waals surface area contributed by atoms with Crippen LogP contribution in [0.1, 0.15) is 107 Å². The molecule has 9 heterocycles. The van der Waals surface area contributed by atoms with Crippen molar-refractivity contribution in [3.05, 3.63) is 126 Å². The molecule has 410 valence electrons. The molecule has 79 heavy (non-hydrogen) atoms. The van der Waals surface area contributed by atoms with E-state index >= 15 is 0 Å². The minimum absolute atomic E-state index is 0.00359. The van der Waals surface area contributed by atoms with Crippen molar-refractivity contribution in [1.82, 2.24) is 45.6 Å². The molecule has 4 saturated heterocycles. The Hall–Kier alpha value is -7.48. The maximum absolute atomic E-state index is 14.5. The van der Waals surface area contributed by atoms with Crippen molar-refractivity contribution in [3.63, 3.8) is 0 Å². The maximum Gasteiger partial charge on any atom is 0.254 e. The fraction of sp³-hybridized carbons (Fsp3) is 0.450. The topological polar surface area (TPSA) is 207 Å². The number of para-hydroxylation sites is 1. The number of hydroxylamine groups is 1. The summed E-state index contributed by atoms with van der Waals surface area (Å²) in [5.74, 6) is 1.39. The molecule has 2 bridgehead atoms. The van der Waals surface area contributed by atoms with Gasteiger partial charge in [-0.1, -0.05) is 68.4 Å². The number of aromatic nitrogens is 6. The minimum Gasteiger partial charge on any atom is -0.507 e. The van der Waals surface area contributed by atoms with Crippen LogP contribution in [0.5, 0.6) is 11.6 Å². The molecule has 1 aliphatic carbocycles. The monoisotopic (exact) mass is 1070 g/mol. The van der Waals surface area contributed by atoms with Crippen molar-refractivity contribution in [3.8, 4) is 34.0 Å². The van der Waals surface area contributed by atoms with Gasteiger partial charge in [-0.3, -0.25) is 4.79 Å². The van der Waals surface area contributed by atoms with Crippen molar-refractivity contribution in [1.29, 1.82) is 0 Å². The lowest BCUT2D eigenvalue weighted by Crippen LogP contribution is -2.54. The van der Waals surface area contributed by atoms with E-state index in [9.17, 15) is 19.4 Å². The highest BCUT2D eigenvalue weighted by Crippen LogP contribution is 2.41. The van der Waals surface area contributed by atoms with Crippen molar-refractivity contribution < 1.29 is 33.5 Å². The molecule has 0 radical (unpaired) electrons. The Balaban J connectivity index is 0.584. The lowest BCUT2D eigenvalue weighted by Gasteiger charge is -2.42. The number of halogens is 1. The molecular formula is C60H67FN12O6. The molecule has 19 heteroatoms. The molecule has 4 aromatic heterocycles. The van der Waals surface area contributed by atoms with Crippen molar-refractivity contribution in [2.75, 3.05) is 42.5 Å². The number of carbonyl (C=O) groups is 1. The van der Waals surface area contributed by atoms with Crippen LogP contribution < -0.4 is 20.0 Å². The molecule has 1 saturated carbocycles. The number of benzene rings is 3. The van der Waals surface area contributed by atoms with E-state index in [0.29, 0.717) is 64.8 Å². The van der Waals surface area contributed by atoms with E-state index in [1.807, 2.05) is 69.4 Å². The van der Waals surface area contributed by atoms with E-state index in [4.69, 9.17) is 29.1 Å². The summed E-state index contributed by atoms with van der Waals surface area (Å²) in [5, 5.41) is 35.6. The van der Waals surface area contributed by atoms with Crippen LogP contribution in [-0.4, -0.2) is 131 Å². The summed E-state index contributed by atoms with van der Waals surface area (Å²) < 4.78 is 26.8. The number of fused-ring (bicyclic) bond motifs is 3. The molecule has 6 aliphatic rings. The standard InChI is InChI=1S/C60H67FN12O6/c1-35(2)55(58(76)72-34-43(74)26-50(72)57-65-60(3,79-69-57)39-14-12-37(13-15-39)45-8-4-6-10-48(45)61)53-28-54(68-78-53)77-44-20-18-40(19-21-44)70-24-22-36(23-25-70)38-29-63-59(64-30-38)73-41-16-17-42(73)33-71(32-41)51-31-62-56-47(51)27-49(66-67-56)46-9-5-7-11-52(46)75/h4-15,27-31,35-36,40-44,50,55,74-75H,16-26,32-34H2,1-3H3,(H,62,67)(H,65,69)/t40?,41?,42?,43-,44?,50+,55-,60-/m1/s1. The molecule has 18 nitrogen and oxygen atoms in total. The van der Waals surface area contributed by atoms with E-state index in [0.717, 1.165) is 111 Å². The molecule has 7 aromatic rings. The van der Waals surface area contributed by atoms with Gasteiger partial charge in [-0.2, -0.15) is 0 Å². The summed E-state index contributed by atoms with van der Waals surface area (Å²) >= 11 is 0. The molecule has 6 atom stereocenters. The van der Waals surface area contributed by atoms with E-state index in [2.05, 4.69) is 52.9 Å². The van der Waals surface area contributed by atoms with Gasteiger partial charge in [-0.05, 0) is 124 Å². The number of rotatable bonds is 13. The van der Waals surface area contributed by atoms with Gasteiger partial charge in [0.25, 0.3) is 5.88 Å². The second-order valence-electron chi connectivity index (χ2n) is 23.0. The zero-order valence-corrected chi connectivity index (χ0v) is 44.8. The van der Waals surface area contributed by atoms with Crippen LogP contribution in [0.15, 0.2) is 113 Å². The van der Waals surface area contributed by atoms with Gasteiger partial charge >= 0.3 is 0 Å². The number of amidine groups is 1. The number of hydrogen-bond acceptors (Lipinski definition) is 16. The minimum atomic E-state index is -1.11. The first-order chi connectivity index (χ1) is 38.4. The summed E-state index contributed by atoms with van der Waals surface area (Å²) in [4.78, 5) is 48.1. The number of hydrogen-bond donors (Lipinski definition) is 4. The van der Waals surface area contributed by atoms with E-state index in [1.165, 1.54) is 11.6 Å². The van der Waals surface area contributed by atoms with Crippen LogP contribution in [0.4, 0.5) is 16.0 Å². The van der Waals surface area contributed by atoms with Gasteiger partial charge in [0.1, 0.15) is 29.4 Å². The summed E-state index contributed by atoms with van der Waals surface area (Å²) in [6.45, 7) is 9.72. The van der Waals surface area contributed by atoms with E-state index in [1.54, 1.807) is 41.3 Å². The molecule has 5 fully saturated rings. The molecule has 3 aromatic carbocycles. The number of phenolic OH excluding ortho intramolecular Hbond substituents is 1. The first kappa shape index (κ1) is 51.0. The number of anilines is 2. The Kier molecular flexibility index (Phi) is 13.5. The normalized spacial score (nSPS) is 26.0. The van der Waals surface area contributed by atoms with Gasteiger partial charge < -0.3 is 44.1 Å². The van der Waals surface area contributed by atoms with Crippen LogP contribution >= 0.6 is 0 Å². The molecule has 4 N–H and O–H groups in total. The summed E-state index contributed by atoms with van der Waals surface area (Å²) in [7, 11) is 0. The number of amides is 1. The average molecular weight is 1070 g/mol. The number of aromatic hydroxyl groups is 1. The lowest BCUT2D eigenvalue weighted by molar-refractivity contribution is -0.134. The summed E-state index contributed by atoms with van der Waals surface area (Å²) in [6, 6.07) is 25.6. The van der Waals surface area contributed by atoms with Crippen LogP contribution in [0, 0.1) is 11.7 Å². The number of phenols is 1. The van der Waals surface area contributed by atoms with Crippen molar-refractivity contribution in [2.24, 2.45) is 10.9 Å². The van der Waals surface area contributed by atoms with Gasteiger partial charge in [0, 0.05) is 90.9 Å². The Morgan fingerprint density at radius 3 is 2.28 bits per heavy atom. The number of aromatic amines is 1. The Bertz CT molecular complexity index is 3340. The Morgan fingerprint density at radius 1 is 0.848 bits per heavy atom. The predicted molar refractivity (Wildman–Crippen MR) is 296 cm³/mol. The number of ether oxygens (including phenoxy) is 1. The zero-order chi connectivity index (χ0) is 53.9. The van der Waals surface area contributed by atoms with Crippen LogP contribution in [0.3, 0.4) is 0 Å². The van der Waals surface area contributed by atoms with Crippen LogP contribution in [0.2, 0.25) is 0 Å².